The van der Waals surface area contributed by atoms with E-state index in [2.05, 4.69) is 15.7 Å². The number of carbonyl (C=O) groups excluding carboxylic acids is 3. The van der Waals surface area contributed by atoms with Crippen LogP contribution in [0.25, 0.3) is 5.69 Å². The van der Waals surface area contributed by atoms with E-state index in [9.17, 15) is 14.4 Å². The first-order valence-electron chi connectivity index (χ1n) is 11.4. The summed E-state index contributed by atoms with van der Waals surface area (Å²) in [4.78, 5) is 37.8. The largest absolute Gasteiger partial charge is 0.462 e. The van der Waals surface area contributed by atoms with Gasteiger partial charge in [-0.1, -0.05) is 30.3 Å². The quantitative estimate of drug-likeness (QED) is 0.478. The Bertz CT molecular complexity index is 1170. The molecule has 8 heteroatoms. The van der Waals surface area contributed by atoms with Crippen LogP contribution in [-0.4, -0.2) is 46.3 Å². The zero-order valence-corrected chi connectivity index (χ0v) is 19.3. The minimum Gasteiger partial charge on any atom is -0.462 e. The molecule has 1 aliphatic rings. The van der Waals surface area contributed by atoms with Crippen molar-refractivity contribution in [2.24, 2.45) is 0 Å². The van der Waals surface area contributed by atoms with Gasteiger partial charge in [0, 0.05) is 18.0 Å². The third-order valence-electron chi connectivity index (χ3n) is 5.71. The Hall–Kier alpha value is -3.94. The molecule has 4 rings (SSSR count). The fraction of sp³-hybridized carbons (Fsp3) is 0.308. The average Bonchev–Trinajstić information content (AvgIpc) is 3.57. The predicted octanol–water partition coefficient (Wildman–Crippen LogP) is 2.98. The molecule has 0 bridgehead atoms. The summed E-state index contributed by atoms with van der Waals surface area (Å²) in [6.07, 6.45) is 3.83. The molecule has 1 saturated carbocycles. The highest BCUT2D eigenvalue weighted by molar-refractivity contribution is 5.98. The van der Waals surface area contributed by atoms with Gasteiger partial charge in [0.25, 0.3) is 5.91 Å². The molecule has 34 heavy (non-hydrogen) atoms. The van der Waals surface area contributed by atoms with Crippen LogP contribution in [0.5, 0.6) is 0 Å². The van der Waals surface area contributed by atoms with Crippen LogP contribution in [0.3, 0.4) is 0 Å². The number of amides is 2. The van der Waals surface area contributed by atoms with Crippen LogP contribution < -0.4 is 10.6 Å². The van der Waals surface area contributed by atoms with Gasteiger partial charge in [-0.2, -0.15) is 5.10 Å². The SMILES string of the molecule is CCOC(=O)c1cnn(-c2ccc(C(=O)NC(Cc3ccccc3)C(=O)NC3CC3)cc2)c1C. The normalized spacial score (nSPS) is 13.7. The summed E-state index contributed by atoms with van der Waals surface area (Å²) in [7, 11) is 0. The Morgan fingerprint density at radius 3 is 2.44 bits per heavy atom. The number of nitrogens with one attached hydrogen (secondary N) is 2. The topological polar surface area (TPSA) is 102 Å². The molecule has 1 aliphatic carbocycles. The molecule has 2 amide bonds. The molecule has 2 N–H and O–H groups in total. The van der Waals surface area contributed by atoms with E-state index in [0.717, 1.165) is 18.4 Å². The van der Waals surface area contributed by atoms with Crippen molar-refractivity contribution in [2.45, 2.75) is 45.2 Å². The van der Waals surface area contributed by atoms with Gasteiger partial charge in [-0.3, -0.25) is 9.59 Å². The number of esters is 1. The molecule has 1 unspecified atom stereocenters. The number of ether oxygens (including phenoxy) is 1. The van der Waals surface area contributed by atoms with Gasteiger partial charge in [0.1, 0.15) is 11.6 Å². The van der Waals surface area contributed by atoms with E-state index >= 15 is 0 Å². The summed E-state index contributed by atoms with van der Waals surface area (Å²) >= 11 is 0. The Kier molecular flexibility index (Phi) is 7.06. The van der Waals surface area contributed by atoms with Gasteiger partial charge < -0.3 is 15.4 Å². The minimum atomic E-state index is -0.671. The molecule has 8 nitrogen and oxygen atoms in total. The van der Waals surface area contributed by atoms with Gasteiger partial charge in [-0.15, -0.1) is 0 Å². The number of nitrogens with zero attached hydrogens (tertiary/aromatic N) is 2. The molecule has 2 aromatic carbocycles. The summed E-state index contributed by atoms with van der Waals surface area (Å²) in [5.74, 6) is -0.922. The maximum atomic E-state index is 13.0. The van der Waals surface area contributed by atoms with Gasteiger partial charge in [0.15, 0.2) is 0 Å². The molecular formula is C26H28N4O4. The van der Waals surface area contributed by atoms with Crippen LogP contribution in [0.4, 0.5) is 0 Å². The van der Waals surface area contributed by atoms with E-state index in [1.165, 1.54) is 6.20 Å². The lowest BCUT2D eigenvalue weighted by molar-refractivity contribution is -0.123. The van der Waals surface area contributed by atoms with E-state index in [1.54, 1.807) is 42.8 Å². The fourth-order valence-electron chi connectivity index (χ4n) is 3.66. The van der Waals surface area contributed by atoms with Crippen molar-refractivity contribution in [3.8, 4) is 5.69 Å². The van der Waals surface area contributed by atoms with Crippen LogP contribution in [0, 0.1) is 6.92 Å². The van der Waals surface area contributed by atoms with Gasteiger partial charge in [-0.25, -0.2) is 9.48 Å². The lowest BCUT2D eigenvalue weighted by Gasteiger charge is -2.19. The number of hydrogen-bond acceptors (Lipinski definition) is 5. The summed E-state index contributed by atoms with van der Waals surface area (Å²) in [6, 6.07) is 16.0. The smallest absolute Gasteiger partial charge is 0.341 e. The van der Waals surface area contributed by atoms with E-state index in [0.29, 0.717) is 28.9 Å². The van der Waals surface area contributed by atoms with E-state index in [-0.39, 0.29) is 24.5 Å². The number of benzene rings is 2. The second kappa shape index (κ2) is 10.3. The van der Waals surface area contributed by atoms with Crippen molar-refractivity contribution in [1.82, 2.24) is 20.4 Å². The summed E-state index contributed by atoms with van der Waals surface area (Å²) in [6.45, 7) is 3.82. The van der Waals surface area contributed by atoms with E-state index in [1.807, 2.05) is 30.3 Å². The van der Waals surface area contributed by atoms with Crippen molar-refractivity contribution in [2.75, 3.05) is 6.61 Å². The molecule has 0 spiro atoms. The van der Waals surface area contributed by atoms with Crippen molar-refractivity contribution in [3.63, 3.8) is 0 Å². The van der Waals surface area contributed by atoms with Crippen molar-refractivity contribution in [1.29, 1.82) is 0 Å². The standard InChI is InChI=1S/C26H28N4O4/c1-3-34-26(33)22-16-27-30(17(22)2)21-13-9-19(10-14-21)24(31)29-23(25(32)28-20-11-12-20)15-18-7-5-4-6-8-18/h4-10,13-14,16,20,23H,3,11-12,15H2,1-2H3,(H,28,32)(H,29,31). The predicted molar refractivity (Wildman–Crippen MR) is 127 cm³/mol. The Balaban J connectivity index is 1.47. The maximum Gasteiger partial charge on any atom is 0.341 e. The Labute approximate surface area is 198 Å². The maximum absolute atomic E-state index is 13.0. The lowest BCUT2D eigenvalue weighted by Crippen LogP contribution is -2.48. The van der Waals surface area contributed by atoms with E-state index < -0.39 is 12.0 Å². The summed E-state index contributed by atoms with van der Waals surface area (Å²) in [5.41, 5.74) is 3.15. The van der Waals surface area contributed by atoms with E-state index in [4.69, 9.17) is 4.74 Å². The van der Waals surface area contributed by atoms with Gasteiger partial charge in [0.05, 0.1) is 24.2 Å². The highest BCUT2D eigenvalue weighted by atomic mass is 16.5. The van der Waals surface area contributed by atoms with Gasteiger partial charge in [-0.05, 0) is 56.5 Å². The number of hydrogen-bond donors (Lipinski definition) is 2. The minimum absolute atomic E-state index is 0.171. The molecule has 1 heterocycles. The zero-order valence-electron chi connectivity index (χ0n) is 19.3. The second-order valence-corrected chi connectivity index (χ2v) is 8.32. The first kappa shape index (κ1) is 23.2. The molecule has 176 valence electrons. The van der Waals surface area contributed by atoms with Crippen LogP contribution in [0.1, 0.15) is 51.7 Å². The molecule has 1 fully saturated rings. The third kappa shape index (κ3) is 5.51. The Morgan fingerprint density at radius 1 is 1.09 bits per heavy atom. The monoisotopic (exact) mass is 460 g/mol. The molecule has 0 saturated heterocycles. The first-order valence-corrected chi connectivity index (χ1v) is 11.4. The highest BCUT2D eigenvalue weighted by Crippen LogP contribution is 2.19. The summed E-state index contributed by atoms with van der Waals surface area (Å²) < 4.78 is 6.68. The molecule has 3 aromatic rings. The highest BCUT2D eigenvalue weighted by Gasteiger charge is 2.28. The van der Waals surface area contributed by atoms with Crippen LogP contribution in [0.2, 0.25) is 0 Å². The molecule has 1 aromatic heterocycles. The second-order valence-electron chi connectivity index (χ2n) is 8.32. The van der Waals surface area contributed by atoms with Crippen LogP contribution >= 0.6 is 0 Å². The van der Waals surface area contributed by atoms with Crippen LogP contribution in [0.15, 0.2) is 60.8 Å². The molecule has 1 atom stereocenters. The average molecular weight is 461 g/mol. The lowest BCUT2D eigenvalue weighted by atomic mass is 10.0. The van der Waals surface area contributed by atoms with Crippen molar-refractivity contribution >= 4 is 17.8 Å². The fourth-order valence-corrected chi connectivity index (χ4v) is 3.66. The third-order valence-corrected chi connectivity index (χ3v) is 5.71. The summed E-state index contributed by atoms with van der Waals surface area (Å²) in [5, 5.41) is 10.1. The zero-order chi connectivity index (χ0) is 24.1. The van der Waals surface area contributed by atoms with Gasteiger partial charge >= 0.3 is 5.97 Å². The molecular weight excluding hydrogens is 432 g/mol. The Morgan fingerprint density at radius 2 is 1.79 bits per heavy atom. The molecule has 0 aliphatic heterocycles. The number of carbonyl (C=O) groups is 3. The molecule has 0 radical (unpaired) electrons. The van der Waals surface area contributed by atoms with Crippen molar-refractivity contribution in [3.05, 3.63) is 83.2 Å². The van der Waals surface area contributed by atoms with Crippen LogP contribution in [-0.2, 0) is 16.0 Å². The number of aromatic nitrogens is 2. The first-order chi connectivity index (χ1) is 16.5. The number of rotatable bonds is 9. The van der Waals surface area contributed by atoms with Gasteiger partial charge in [0.2, 0.25) is 5.91 Å². The van der Waals surface area contributed by atoms with Crippen molar-refractivity contribution < 1.29 is 19.1 Å².